The Kier molecular flexibility index (Phi) is 7.37. The number of amides is 3. The van der Waals surface area contributed by atoms with Gasteiger partial charge in [-0.1, -0.05) is 6.92 Å². The molecule has 7 nitrogen and oxygen atoms in total. The summed E-state index contributed by atoms with van der Waals surface area (Å²) in [6.07, 6.45) is 7.19. The van der Waals surface area contributed by atoms with Crippen LogP contribution in [0.15, 0.2) is 24.5 Å². The van der Waals surface area contributed by atoms with E-state index in [0.717, 1.165) is 19.3 Å². The highest BCUT2D eigenvalue weighted by atomic mass is 16.2. The lowest BCUT2D eigenvalue weighted by Gasteiger charge is -2.34. The molecule has 1 saturated heterocycles. The van der Waals surface area contributed by atoms with Gasteiger partial charge in [0.1, 0.15) is 6.04 Å². The van der Waals surface area contributed by atoms with E-state index >= 15 is 0 Å². The number of rotatable bonds is 7. The van der Waals surface area contributed by atoms with E-state index in [0.29, 0.717) is 25.1 Å². The number of aromatic nitrogens is 1. The van der Waals surface area contributed by atoms with Crippen molar-refractivity contribution in [3.8, 4) is 0 Å². The molecular weight excluding hydrogens is 320 g/mol. The minimum Gasteiger partial charge on any atom is -0.354 e. The summed E-state index contributed by atoms with van der Waals surface area (Å²) in [5.74, 6) is -0.298. The van der Waals surface area contributed by atoms with Crippen molar-refractivity contribution in [3.05, 3.63) is 24.5 Å². The first-order chi connectivity index (χ1) is 12.1. The number of hydrogen-bond acceptors (Lipinski definition) is 4. The van der Waals surface area contributed by atoms with E-state index in [-0.39, 0.29) is 30.7 Å². The monoisotopic (exact) mass is 346 g/mol. The summed E-state index contributed by atoms with van der Waals surface area (Å²) in [4.78, 5) is 42.0. The third-order valence-corrected chi connectivity index (χ3v) is 4.21. The lowest BCUT2D eigenvalue weighted by atomic mass is 10.0. The van der Waals surface area contributed by atoms with Crippen LogP contribution in [0.2, 0.25) is 0 Å². The molecule has 136 valence electrons. The average molecular weight is 346 g/mol. The van der Waals surface area contributed by atoms with Crippen LogP contribution in [-0.4, -0.2) is 46.7 Å². The molecule has 2 rings (SSSR count). The van der Waals surface area contributed by atoms with Gasteiger partial charge in [-0.2, -0.15) is 0 Å². The van der Waals surface area contributed by atoms with E-state index in [9.17, 15) is 14.4 Å². The van der Waals surface area contributed by atoms with E-state index in [2.05, 4.69) is 15.6 Å². The number of carbonyl (C=O) groups is 3. The minimum atomic E-state index is -0.406. The van der Waals surface area contributed by atoms with Gasteiger partial charge in [0.15, 0.2) is 0 Å². The first-order valence-corrected chi connectivity index (χ1v) is 8.89. The first kappa shape index (κ1) is 18.9. The fourth-order valence-corrected chi connectivity index (χ4v) is 2.94. The SMILES string of the molecule is CCCC(=O)N1CCCCC1C(=O)NCCC(=O)Nc1ccncc1. The zero-order chi connectivity index (χ0) is 18.1. The number of carbonyl (C=O) groups excluding carboxylic acids is 3. The Bertz CT molecular complexity index is 591. The maximum atomic E-state index is 12.4. The van der Waals surface area contributed by atoms with Gasteiger partial charge in [0.2, 0.25) is 17.7 Å². The molecule has 1 aromatic rings. The molecule has 0 saturated carbocycles. The van der Waals surface area contributed by atoms with Gasteiger partial charge in [-0.15, -0.1) is 0 Å². The van der Waals surface area contributed by atoms with Crippen molar-refractivity contribution in [2.45, 2.75) is 51.5 Å². The standard InChI is InChI=1S/C18H26N4O3/c1-2-5-17(24)22-13-4-3-6-15(22)18(25)20-12-9-16(23)21-14-7-10-19-11-8-14/h7-8,10-11,15H,2-6,9,12-13H2,1H3,(H,20,25)(H,19,21,23). The lowest BCUT2D eigenvalue weighted by Crippen LogP contribution is -2.52. The summed E-state index contributed by atoms with van der Waals surface area (Å²) in [6.45, 7) is 2.85. The van der Waals surface area contributed by atoms with Gasteiger partial charge < -0.3 is 15.5 Å². The minimum absolute atomic E-state index is 0.0396. The quantitative estimate of drug-likeness (QED) is 0.786. The highest BCUT2D eigenvalue weighted by Gasteiger charge is 2.31. The van der Waals surface area contributed by atoms with Crippen LogP contribution in [-0.2, 0) is 14.4 Å². The third-order valence-electron chi connectivity index (χ3n) is 4.21. The fraction of sp³-hybridized carbons (Fsp3) is 0.556. The Balaban J connectivity index is 1.78. The summed E-state index contributed by atoms with van der Waals surface area (Å²) in [5.41, 5.74) is 0.676. The van der Waals surface area contributed by atoms with Gasteiger partial charge in [0.25, 0.3) is 0 Å². The summed E-state index contributed by atoms with van der Waals surface area (Å²) < 4.78 is 0. The molecule has 7 heteroatoms. The predicted molar refractivity (Wildman–Crippen MR) is 94.8 cm³/mol. The van der Waals surface area contributed by atoms with E-state index in [1.165, 1.54) is 0 Å². The smallest absolute Gasteiger partial charge is 0.242 e. The second kappa shape index (κ2) is 9.76. The van der Waals surface area contributed by atoms with Gasteiger partial charge in [0, 0.05) is 44.0 Å². The zero-order valence-corrected chi connectivity index (χ0v) is 14.7. The van der Waals surface area contributed by atoms with Crippen molar-refractivity contribution in [1.82, 2.24) is 15.2 Å². The Morgan fingerprint density at radius 2 is 1.96 bits per heavy atom. The van der Waals surface area contributed by atoms with Gasteiger partial charge >= 0.3 is 0 Å². The van der Waals surface area contributed by atoms with Crippen LogP contribution < -0.4 is 10.6 Å². The molecule has 2 heterocycles. The van der Waals surface area contributed by atoms with Gasteiger partial charge in [-0.25, -0.2) is 0 Å². The van der Waals surface area contributed by atoms with Crippen molar-refractivity contribution in [2.24, 2.45) is 0 Å². The van der Waals surface area contributed by atoms with Crippen molar-refractivity contribution >= 4 is 23.4 Å². The summed E-state index contributed by atoms with van der Waals surface area (Å²) in [5, 5.41) is 5.53. The number of anilines is 1. The largest absolute Gasteiger partial charge is 0.354 e. The highest BCUT2D eigenvalue weighted by Crippen LogP contribution is 2.18. The number of nitrogens with zero attached hydrogens (tertiary/aromatic N) is 2. The van der Waals surface area contributed by atoms with Crippen LogP contribution in [0, 0.1) is 0 Å². The Morgan fingerprint density at radius 1 is 1.20 bits per heavy atom. The van der Waals surface area contributed by atoms with Crippen molar-refractivity contribution in [3.63, 3.8) is 0 Å². The predicted octanol–water partition coefficient (Wildman–Crippen LogP) is 1.71. The normalized spacial score (nSPS) is 17.0. The van der Waals surface area contributed by atoms with E-state index < -0.39 is 6.04 Å². The molecule has 0 bridgehead atoms. The number of nitrogens with one attached hydrogen (secondary N) is 2. The second-order valence-electron chi connectivity index (χ2n) is 6.17. The first-order valence-electron chi connectivity index (χ1n) is 8.89. The molecule has 0 spiro atoms. The molecule has 25 heavy (non-hydrogen) atoms. The van der Waals surface area contributed by atoms with Crippen LogP contribution in [0.4, 0.5) is 5.69 Å². The second-order valence-corrected chi connectivity index (χ2v) is 6.17. The van der Waals surface area contributed by atoms with Crippen molar-refractivity contribution in [2.75, 3.05) is 18.4 Å². The molecule has 1 unspecified atom stereocenters. The topological polar surface area (TPSA) is 91.4 Å². The maximum Gasteiger partial charge on any atom is 0.242 e. The summed E-state index contributed by atoms with van der Waals surface area (Å²) in [7, 11) is 0. The molecule has 1 aliphatic heterocycles. The molecule has 1 atom stereocenters. The molecule has 1 aliphatic rings. The molecule has 3 amide bonds. The molecule has 2 N–H and O–H groups in total. The lowest BCUT2D eigenvalue weighted by molar-refractivity contribution is -0.142. The molecule has 0 aliphatic carbocycles. The Hall–Kier alpha value is -2.44. The van der Waals surface area contributed by atoms with Crippen LogP contribution in [0.1, 0.15) is 45.4 Å². The fourth-order valence-electron chi connectivity index (χ4n) is 2.94. The molecular formula is C18H26N4O3. The molecule has 0 radical (unpaired) electrons. The molecule has 1 fully saturated rings. The third kappa shape index (κ3) is 5.85. The van der Waals surface area contributed by atoms with Crippen LogP contribution in [0.3, 0.4) is 0 Å². The van der Waals surface area contributed by atoms with Gasteiger partial charge in [0.05, 0.1) is 0 Å². The average Bonchev–Trinajstić information content (AvgIpc) is 2.62. The number of pyridine rings is 1. The molecule has 1 aromatic heterocycles. The number of piperidine rings is 1. The van der Waals surface area contributed by atoms with E-state index in [4.69, 9.17) is 0 Å². The highest BCUT2D eigenvalue weighted by molar-refractivity contribution is 5.91. The van der Waals surface area contributed by atoms with E-state index in [1.54, 1.807) is 29.4 Å². The summed E-state index contributed by atoms with van der Waals surface area (Å²) in [6, 6.07) is 3.00. The summed E-state index contributed by atoms with van der Waals surface area (Å²) >= 11 is 0. The maximum absolute atomic E-state index is 12.4. The van der Waals surface area contributed by atoms with Crippen LogP contribution in [0.25, 0.3) is 0 Å². The molecule has 0 aromatic carbocycles. The van der Waals surface area contributed by atoms with Gasteiger partial charge in [-0.3, -0.25) is 19.4 Å². The van der Waals surface area contributed by atoms with Crippen LogP contribution in [0.5, 0.6) is 0 Å². The number of hydrogen-bond donors (Lipinski definition) is 2. The Morgan fingerprint density at radius 3 is 2.68 bits per heavy atom. The Labute approximate surface area is 148 Å². The zero-order valence-electron chi connectivity index (χ0n) is 14.7. The van der Waals surface area contributed by atoms with Crippen molar-refractivity contribution < 1.29 is 14.4 Å². The van der Waals surface area contributed by atoms with Crippen molar-refractivity contribution in [1.29, 1.82) is 0 Å². The van der Waals surface area contributed by atoms with Gasteiger partial charge in [-0.05, 0) is 37.8 Å². The van der Waals surface area contributed by atoms with E-state index in [1.807, 2.05) is 6.92 Å². The van der Waals surface area contributed by atoms with Crippen LogP contribution >= 0.6 is 0 Å². The number of likely N-dealkylation sites (tertiary alicyclic amines) is 1.